The third-order valence-electron chi connectivity index (χ3n) is 3.41. The Morgan fingerprint density at radius 3 is 2.36 bits per heavy atom. The third-order valence-corrected chi connectivity index (χ3v) is 3.41. The molecular weight excluding hydrogens is 288 g/mol. The summed E-state index contributed by atoms with van der Waals surface area (Å²) in [5.41, 5.74) is 1.08. The molecule has 2 aromatic carbocycles. The molecule has 5 N–H and O–H groups in total. The molecule has 1 aliphatic heterocycles. The van der Waals surface area contributed by atoms with Crippen molar-refractivity contribution >= 4 is 17.5 Å². The molecular formula is C15H12N2O5. The summed E-state index contributed by atoms with van der Waals surface area (Å²) in [4.78, 5) is 23.4. The number of hydrogen-bond acceptors (Lipinski definition) is 6. The zero-order valence-corrected chi connectivity index (χ0v) is 11.3. The molecule has 0 atom stereocenters. The lowest BCUT2D eigenvalue weighted by molar-refractivity contribution is 0.0880. The maximum Gasteiger partial charge on any atom is 0.261 e. The van der Waals surface area contributed by atoms with Gasteiger partial charge in [-0.1, -0.05) is 6.07 Å². The Hall–Kier alpha value is -3.22. The smallest absolute Gasteiger partial charge is 0.261 e. The van der Waals surface area contributed by atoms with E-state index in [0.717, 1.165) is 12.1 Å². The summed E-state index contributed by atoms with van der Waals surface area (Å²) in [5, 5.41) is 33.9. The molecule has 1 aliphatic rings. The Kier molecular flexibility index (Phi) is 3.10. The van der Waals surface area contributed by atoms with Gasteiger partial charge < -0.3 is 20.6 Å². The number of aromatic hydroxyl groups is 3. The van der Waals surface area contributed by atoms with Gasteiger partial charge in [0.25, 0.3) is 11.8 Å². The number of amides is 2. The molecule has 7 nitrogen and oxygen atoms in total. The zero-order chi connectivity index (χ0) is 15.9. The first-order valence-electron chi connectivity index (χ1n) is 6.43. The highest BCUT2D eigenvalue weighted by molar-refractivity contribution is 6.23. The van der Waals surface area contributed by atoms with Gasteiger partial charge in [-0.2, -0.15) is 0 Å². The summed E-state index contributed by atoms with van der Waals surface area (Å²) >= 11 is 0. The number of fused-ring (bicyclic) bond motifs is 1. The van der Waals surface area contributed by atoms with E-state index in [2.05, 4.69) is 10.6 Å². The molecule has 1 heterocycles. The number of carbonyl (C=O) groups excluding carboxylic acids is 2. The molecule has 0 aliphatic carbocycles. The number of nitrogens with one attached hydrogen (secondary N) is 2. The first-order valence-corrected chi connectivity index (χ1v) is 6.43. The standard InChI is InChI=1S/C15H12N2O5/c18-7-4-11(19)9(12(20)5-7)6-16-10-3-1-2-8-13(10)15(22)17-14(8)21/h1-5,16,18-20H,6H2,(H,17,21,22). The van der Waals surface area contributed by atoms with Crippen molar-refractivity contribution in [1.82, 2.24) is 5.32 Å². The molecule has 0 spiro atoms. The predicted octanol–water partition coefficient (Wildman–Crippen LogP) is 1.30. The van der Waals surface area contributed by atoms with E-state index in [4.69, 9.17) is 0 Å². The van der Waals surface area contributed by atoms with Crippen LogP contribution in [0.15, 0.2) is 30.3 Å². The summed E-state index contributed by atoms with van der Waals surface area (Å²) in [6.07, 6.45) is 0. The van der Waals surface area contributed by atoms with Gasteiger partial charge in [-0.05, 0) is 12.1 Å². The Bertz CT molecular complexity index is 778. The Morgan fingerprint density at radius 1 is 1.00 bits per heavy atom. The maximum atomic E-state index is 11.8. The van der Waals surface area contributed by atoms with Crippen LogP contribution in [0.2, 0.25) is 0 Å². The van der Waals surface area contributed by atoms with Crippen molar-refractivity contribution in [2.45, 2.75) is 6.54 Å². The largest absolute Gasteiger partial charge is 0.508 e. The second-order valence-corrected chi connectivity index (χ2v) is 4.83. The summed E-state index contributed by atoms with van der Waals surface area (Å²) < 4.78 is 0. The van der Waals surface area contributed by atoms with E-state index >= 15 is 0 Å². The highest BCUT2D eigenvalue weighted by atomic mass is 16.3. The van der Waals surface area contributed by atoms with Crippen LogP contribution in [0.25, 0.3) is 0 Å². The lowest BCUT2D eigenvalue weighted by Crippen LogP contribution is -2.20. The Balaban J connectivity index is 1.91. The normalized spacial score (nSPS) is 12.9. The van der Waals surface area contributed by atoms with Crippen molar-refractivity contribution in [3.8, 4) is 17.2 Å². The Labute approximate surface area is 124 Å². The van der Waals surface area contributed by atoms with E-state index in [0.29, 0.717) is 5.69 Å². The van der Waals surface area contributed by atoms with Gasteiger partial charge in [-0.3, -0.25) is 14.9 Å². The molecule has 22 heavy (non-hydrogen) atoms. The molecule has 112 valence electrons. The summed E-state index contributed by atoms with van der Waals surface area (Å²) in [6, 6.07) is 6.97. The van der Waals surface area contributed by atoms with Crippen molar-refractivity contribution in [2.75, 3.05) is 5.32 Å². The molecule has 0 aromatic heterocycles. The van der Waals surface area contributed by atoms with Crippen LogP contribution in [0.1, 0.15) is 26.3 Å². The fraction of sp³-hybridized carbons (Fsp3) is 0.0667. The minimum absolute atomic E-state index is 0.00979. The Morgan fingerprint density at radius 2 is 1.68 bits per heavy atom. The fourth-order valence-electron chi connectivity index (χ4n) is 2.36. The quantitative estimate of drug-likeness (QED) is 0.545. The van der Waals surface area contributed by atoms with Gasteiger partial charge in [0.15, 0.2) is 0 Å². The van der Waals surface area contributed by atoms with E-state index in [1.54, 1.807) is 12.1 Å². The molecule has 0 fully saturated rings. The van der Waals surface area contributed by atoms with E-state index in [1.165, 1.54) is 6.07 Å². The highest BCUT2D eigenvalue weighted by Crippen LogP contribution is 2.33. The number of rotatable bonds is 3. The lowest BCUT2D eigenvalue weighted by atomic mass is 10.1. The number of benzene rings is 2. The van der Waals surface area contributed by atoms with Crippen LogP contribution in [-0.2, 0) is 6.54 Å². The van der Waals surface area contributed by atoms with Crippen molar-refractivity contribution in [3.05, 3.63) is 47.0 Å². The van der Waals surface area contributed by atoms with E-state index in [1.807, 2.05) is 0 Å². The van der Waals surface area contributed by atoms with Gasteiger partial charge in [0.05, 0.1) is 16.7 Å². The van der Waals surface area contributed by atoms with Crippen molar-refractivity contribution < 1.29 is 24.9 Å². The topological polar surface area (TPSA) is 119 Å². The minimum atomic E-state index is -0.498. The fourth-order valence-corrected chi connectivity index (χ4v) is 2.36. The molecule has 0 unspecified atom stereocenters. The van der Waals surface area contributed by atoms with Gasteiger partial charge in [0.2, 0.25) is 0 Å². The monoisotopic (exact) mass is 300 g/mol. The van der Waals surface area contributed by atoms with Crippen LogP contribution in [-0.4, -0.2) is 27.1 Å². The zero-order valence-electron chi connectivity index (χ0n) is 11.3. The number of phenolic OH excluding ortho intramolecular Hbond substituents is 3. The van der Waals surface area contributed by atoms with Crippen molar-refractivity contribution in [1.29, 1.82) is 0 Å². The van der Waals surface area contributed by atoms with Gasteiger partial charge in [0.1, 0.15) is 17.2 Å². The summed E-state index contributed by atoms with van der Waals surface area (Å²) in [6.45, 7) is 0.00979. The van der Waals surface area contributed by atoms with E-state index in [-0.39, 0.29) is 40.5 Å². The number of imide groups is 1. The molecule has 2 amide bonds. The number of anilines is 1. The van der Waals surface area contributed by atoms with Crippen LogP contribution in [0.4, 0.5) is 5.69 Å². The molecule has 0 saturated carbocycles. The van der Waals surface area contributed by atoms with Crippen LogP contribution in [0.3, 0.4) is 0 Å². The molecule has 0 bridgehead atoms. The third kappa shape index (κ3) is 2.18. The SMILES string of the molecule is O=C1NC(=O)c2c(NCc3c(O)cc(O)cc3O)cccc21. The number of hydrogen-bond donors (Lipinski definition) is 5. The molecule has 0 radical (unpaired) electrons. The van der Waals surface area contributed by atoms with Crippen LogP contribution >= 0.6 is 0 Å². The van der Waals surface area contributed by atoms with Gasteiger partial charge in [0, 0.05) is 24.4 Å². The van der Waals surface area contributed by atoms with Gasteiger partial charge in [-0.25, -0.2) is 0 Å². The van der Waals surface area contributed by atoms with Crippen molar-refractivity contribution in [2.24, 2.45) is 0 Å². The van der Waals surface area contributed by atoms with E-state index < -0.39 is 11.8 Å². The molecule has 2 aromatic rings. The maximum absolute atomic E-state index is 11.8. The lowest BCUT2D eigenvalue weighted by Gasteiger charge is -2.12. The molecule has 0 saturated heterocycles. The van der Waals surface area contributed by atoms with Crippen LogP contribution in [0.5, 0.6) is 17.2 Å². The second-order valence-electron chi connectivity index (χ2n) is 4.83. The summed E-state index contributed by atoms with van der Waals surface area (Å²) in [7, 11) is 0. The molecule has 7 heteroatoms. The predicted molar refractivity (Wildman–Crippen MR) is 77.0 cm³/mol. The molecule has 3 rings (SSSR count). The average Bonchev–Trinajstić information content (AvgIpc) is 2.73. The van der Waals surface area contributed by atoms with Gasteiger partial charge >= 0.3 is 0 Å². The average molecular weight is 300 g/mol. The summed E-state index contributed by atoms with van der Waals surface area (Å²) in [5.74, 6) is -1.78. The second kappa shape index (κ2) is 4.96. The number of carbonyl (C=O) groups is 2. The first kappa shape index (κ1) is 13.7. The minimum Gasteiger partial charge on any atom is -0.508 e. The van der Waals surface area contributed by atoms with Crippen molar-refractivity contribution in [3.63, 3.8) is 0 Å². The van der Waals surface area contributed by atoms with Crippen LogP contribution in [0, 0.1) is 0 Å². The first-order chi connectivity index (χ1) is 10.5. The number of phenols is 3. The van der Waals surface area contributed by atoms with Crippen LogP contribution < -0.4 is 10.6 Å². The van der Waals surface area contributed by atoms with Gasteiger partial charge in [-0.15, -0.1) is 0 Å². The highest BCUT2D eigenvalue weighted by Gasteiger charge is 2.29. The van der Waals surface area contributed by atoms with E-state index in [9.17, 15) is 24.9 Å².